The van der Waals surface area contributed by atoms with Gasteiger partial charge in [-0.25, -0.2) is 8.42 Å². The molecule has 1 aliphatic heterocycles. The van der Waals surface area contributed by atoms with Gasteiger partial charge in [-0.3, -0.25) is 9.10 Å². The number of benzene rings is 2. The molecule has 1 aliphatic rings. The number of alkyl halides is 2. The zero-order valence-electron chi connectivity index (χ0n) is 12.9. The minimum Gasteiger partial charge on any atom is -0.287 e. The summed E-state index contributed by atoms with van der Waals surface area (Å²) in [4.78, 5) is 12.0. The molecule has 0 aromatic heterocycles. The molecule has 4 nitrogen and oxygen atoms in total. The fraction of sp³-hybridized carbons (Fsp3) is 0.235. The van der Waals surface area contributed by atoms with Crippen LogP contribution in [0.3, 0.4) is 0 Å². The van der Waals surface area contributed by atoms with Gasteiger partial charge in [-0.2, -0.15) is 8.78 Å². The minimum absolute atomic E-state index is 0.000526. The Hall–Kier alpha value is -2.28. The monoisotopic (exact) mass is 351 g/mol. The highest BCUT2D eigenvalue weighted by atomic mass is 32.2. The highest BCUT2D eigenvalue weighted by Gasteiger charge is 2.45. The second-order valence-corrected chi connectivity index (χ2v) is 7.55. The number of Topliss-reactive ketones (excluding diaryl/α,β-unsaturated/α-hetero) is 1. The van der Waals surface area contributed by atoms with Gasteiger partial charge in [-0.05, 0) is 31.2 Å². The number of aryl methyl sites for hydroxylation is 1. The third-order valence-corrected chi connectivity index (χ3v) is 5.81. The van der Waals surface area contributed by atoms with Gasteiger partial charge in [0.05, 0.1) is 10.6 Å². The normalized spacial score (nSPS) is 17.3. The van der Waals surface area contributed by atoms with Gasteiger partial charge in [0.1, 0.15) is 0 Å². The van der Waals surface area contributed by atoms with E-state index in [2.05, 4.69) is 0 Å². The van der Waals surface area contributed by atoms with Crippen molar-refractivity contribution in [1.82, 2.24) is 0 Å². The molecule has 0 spiro atoms. The first-order valence-electron chi connectivity index (χ1n) is 7.34. The maximum atomic E-state index is 14.0. The van der Waals surface area contributed by atoms with E-state index in [0.29, 0.717) is 0 Å². The predicted octanol–water partition coefficient (Wildman–Crippen LogP) is 3.41. The van der Waals surface area contributed by atoms with Crippen LogP contribution >= 0.6 is 0 Å². The number of anilines is 1. The van der Waals surface area contributed by atoms with Crippen LogP contribution in [-0.2, 0) is 10.0 Å². The van der Waals surface area contributed by atoms with E-state index in [9.17, 15) is 22.0 Å². The SMILES string of the molecule is Cc1ccc(S(=O)(=O)N2CCC(F)(F)C(=O)c3ccccc32)cc1. The lowest BCUT2D eigenvalue weighted by Gasteiger charge is -2.24. The Labute approximate surface area is 138 Å². The van der Waals surface area contributed by atoms with Crippen molar-refractivity contribution in [3.63, 3.8) is 0 Å². The Morgan fingerprint density at radius 3 is 2.33 bits per heavy atom. The standard InChI is InChI=1S/C17H15F2NO3S/c1-12-6-8-13(9-7-12)24(22,23)20-11-10-17(18,19)16(21)14-4-2-3-5-15(14)20/h2-9H,10-11H2,1H3. The molecule has 0 unspecified atom stereocenters. The van der Waals surface area contributed by atoms with Gasteiger partial charge < -0.3 is 0 Å². The number of ketones is 1. The molecule has 0 saturated carbocycles. The smallest absolute Gasteiger partial charge is 0.287 e. The molecule has 0 aliphatic carbocycles. The summed E-state index contributed by atoms with van der Waals surface area (Å²) in [5.74, 6) is -4.94. The quantitative estimate of drug-likeness (QED) is 0.833. The molecule has 2 aromatic rings. The highest BCUT2D eigenvalue weighted by Crippen LogP contribution is 2.36. The molecule has 126 valence electrons. The Bertz CT molecular complexity index is 892. The van der Waals surface area contributed by atoms with E-state index in [4.69, 9.17) is 0 Å². The van der Waals surface area contributed by atoms with Gasteiger partial charge in [0, 0.05) is 18.5 Å². The van der Waals surface area contributed by atoms with E-state index in [1.165, 1.54) is 36.4 Å². The van der Waals surface area contributed by atoms with Crippen LogP contribution in [0, 0.1) is 6.92 Å². The van der Waals surface area contributed by atoms with Crippen molar-refractivity contribution in [2.24, 2.45) is 0 Å². The number of hydrogen-bond acceptors (Lipinski definition) is 3. The van der Waals surface area contributed by atoms with Crippen molar-refractivity contribution >= 4 is 21.5 Å². The number of halogens is 2. The molecular weight excluding hydrogens is 336 g/mol. The van der Waals surface area contributed by atoms with Crippen LogP contribution in [0.2, 0.25) is 0 Å². The van der Waals surface area contributed by atoms with Gasteiger partial charge >= 0.3 is 5.92 Å². The molecule has 3 rings (SSSR count). The van der Waals surface area contributed by atoms with Crippen LogP contribution < -0.4 is 4.31 Å². The van der Waals surface area contributed by atoms with Gasteiger partial charge in [0.25, 0.3) is 10.0 Å². The minimum atomic E-state index is -4.04. The first-order valence-corrected chi connectivity index (χ1v) is 8.78. The lowest BCUT2D eigenvalue weighted by molar-refractivity contribution is 0.00778. The summed E-state index contributed by atoms with van der Waals surface area (Å²) in [6.45, 7) is 1.35. The van der Waals surface area contributed by atoms with E-state index >= 15 is 0 Å². The topological polar surface area (TPSA) is 54.5 Å². The number of sulfonamides is 1. The van der Waals surface area contributed by atoms with Gasteiger partial charge in [0.2, 0.25) is 5.78 Å². The predicted molar refractivity (Wildman–Crippen MR) is 86.0 cm³/mol. The summed E-state index contributed by atoms with van der Waals surface area (Å²) in [5.41, 5.74) is 0.586. The third-order valence-electron chi connectivity index (χ3n) is 3.99. The Kier molecular flexibility index (Phi) is 3.91. The fourth-order valence-corrected chi connectivity index (χ4v) is 4.13. The Morgan fingerprint density at radius 2 is 1.67 bits per heavy atom. The molecule has 1 heterocycles. The lowest BCUT2D eigenvalue weighted by atomic mass is 10.0. The summed E-state index contributed by atoms with van der Waals surface area (Å²) in [6, 6.07) is 11.7. The number of carbonyl (C=O) groups excluding carboxylic acids is 1. The number of para-hydroxylation sites is 1. The second-order valence-electron chi connectivity index (χ2n) is 5.69. The van der Waals surface area contributed by atoms with E-state index < -0.39 is 34.7 Å². The molecule has 0 fully saturated rings. The summed E-state index contributed by atoms with van der Waals surface area (Å²) in [5, 5.41) is 0. The molecule has 0 radical (unpaired) electrons. The van der Waals surface area contributed by atoms with Crippen LogP contribution in [0.4, 0.5) is 14.5 Å². The second kappa shape index (κ2) is 5.66. The van der Waals surface area contributed by atoms with Crippen LogP contribution in [0.1, 0.15) is 22.3 Å². The first-order chi connectivity index (χ1) is 11.2. The van der Waals surface area contributed by atoms with Crippen molar-refractivity contribution < 1.29 is 22.0 Å². The summed E-state index contributed by atoms with van der Waals surface area (Å²) in [6.07, 6.45) is -0.856. The number of nitrogens with zero attached hydrogens (tertiary/aromatic N) is 1. The summed E-state index contributed by atoms with van der Waals surface area (Å²) < 4.78 is 54.7. The van der Waals surface area contributed by atoms with E-state index in [1.54, 1.807) is 12.1 Å². The number of rotatable bonds is 2. The van der Waals surface area contributed by atoms with Crippen LogP contribution in [0.15, 0.2) is 53.4 Å². The van der Waals surface area contributed by atoms with Crippen LogP contribution in [-0.4, -0.2) is 26.7 Å². The Morgan fingerprint density at radius 1 is 1.04 bits per heavy atom. The molecule has 2 aromatic carbocycles. The lowest BCUT2D eigenvalue weighted by Crippen LogP contribution is -2.33. The maximum absolute atomic E-state index is 14.0. The molecule has 0 N–H and O–H groups in total. The maximum Gasteiger partial charge on any atom is 0.311 e. The van der Waals surface area contributed by atoms with Crippen LogP contribution in [0.25, 0.3) is 0 Å². The van der Waals surface area contributed by atoms with E-state index in [0.717, 1.165) is 9.87 Å². The van der Waals surface area contributed by atoms with Gasteiger partial charge in [-0.15, -0.1) is 0 Å². The Balaban J connectivity index is 2.16. The molecule has 0 amide bonds. The number of hydrogen-bond donors (Lipinski definition) is 0. The average molecular weight is 351 g/mol. The van der Waals surface area contributed by atoms with Gasteiger partial charge in [-0.1, -0.05) is 29.8 Å². The van der Waals surface area contributed by atoms with E-state index in [1.807, 2.05) is 6.92 Å². The third kappa shape index (κ3) is 2.69. The highest BCUT2D eigenvalue weighted by molar-refractivity contribution is 7.92. The summed E-state index contributed by atoms with van der Waals surface area (Å²) >= 11 is 0. The van der Waals surface area contributed by atoms with Crippen molar-refractivity contribution in [2.45, 2.75) is 24.2 Å². The molecule has 0 bridgehead atoms. The number of carbonyl (C=O) groups is 1. The van der Waals surface area contributed by atoms with Crippen molar-refractivity contribution in [2.75, 3.05) is 10.8 Å². The summed E-state index contributed by atoms with van der Waals surface area (Å²) in [7, 11) is -4.04. The fourth-order valence-electron chi connectivity index (χ4n) is 2.64. The number of fused-ring (bicyclic) bond motifs is 1. The van der Waals surface area contributed by atoms with Gasteiger partial charge in [0.15, 0.2) is 0 Å². The molecule has 24 heavy (non-hydrogen) atoms. The van der Waals surface area contributed by atoms with Crippen molar-refractivity contribution in [3.05, 3.63) is 59.7 Å². The van der Waals surface area contributed by atoms with Crippen molar-refractivity contribution in [1.29, 1.82) is 0 Å². The largest absolute Gasteiger partial charge is 0.311 e. The zero-order chi connectivity index (χ0) is 17.5. The first kappa shape index (κ1) is 16.6. The zero-order valence-corrected chi connectivity index (χ0v) is 13.7. The molecule has 7 heteroatoms. The molecule has 0 saturated heterocycles. The van der Waals surface area contributed by atoms with Crippen LogP contribution in [0.5, 0.6) is 0 Å². The van der Waals surface area contributed by atoms with Crippen molar-refractivity contribution in [3.8, 4) is 0 Å². The molecule has 0 atom stereocenters. The average Bonchev–Trinajstić information content (AvgIpc) is 2.64. The van der Waals surface area contributed by atoms with E-state index in [-0.39, 0.29) is 16.1 Å². The molecular formula is C17H15F2NO3S.